The SMILES string of the molecule is CCCCCCCCCCCCCCCCCCCCCCC(=O)O[C@H](COC(=O)CCCCCCCCCCCCCCCCCCCCC)COP(=O)(O)OC[C@@H](O)COP(=O)(O)OC[C@@H](COC(=O)CCCCCCCCCCC(C)C)OC(=O)CCCCCCCCCCCCCCCCCC(C)C. The first-order valence-electron chi connectivity index (χ1n) is 46.0. The third kappa shape index (κ3) is 82.1. The zero-order chi connectivity index (χ0) is 79.2. The first kappa shape index (κ1) is 106. The number of esters is 4. The Hall–Kier alpha value is -1.94. The summed E-state index contributed by atoms with van der Waals surface area (Å²) < 4.78 is 69.0. The fourth-order valence-corrected chi connectivity index (χ4v) is 15.5. The van der Waals surface area contributed by atoms with Crippen molar-refractivity contribution in [2.75, 3.05) is 39.6 Å². The second kappa shape index (κ2) is 80.3. The van der Waals surface area contributed by atoms with Gasteiger partial charge in [-0.1, -0.05) is 427 Å². The van der Waals surface area contributed by atoms with E-state index in [0.717, 1.165) is 102 Å². The van der Waals surface area contributed by atoms with Gasteiger partial charge in [0, 0.05) is 25.7 Å². The molecule has 0 heterocycles. The van der Waals surface area contributed by atoms with Gasteiger partial charge in [-0.05, 0) is 37.5 Å². The summed E-state index contributed by atoms with van der Waals surface area (Å²) >= 11 is 0. The Morgan fingerprint density at radius 3 is 0.630 bits per heavy atom. The molecule has 5 atom stereocenters. The molecule has 0 aromatic rings. The fraction of sp³-hybridized carbons (Fsp3) is 0.955. The molecule has 0 spiro atoms. The summed E-state index contributed by atoms with van der Waals surface area (Å²) in [5.74, 6) is -0.570. The third-order valence-electron chi connectivity index (χ3n) is 21.0. The van der Waals surface area contributed by atoms with E-state index in [1.54, 1.807) is 0 Å². The van der Waals surface area contributed by atoms with Gasteiger partial charge in [0.15, 0.2) is 12.2 Å². The van der Waals surface area contributed by atoms with Crippen LogP contribution in [0.4, 0.5) is 0 Å². The monoisotopic (exact) mass is 1580 g/mol. The Kier molecular flexibility index (Phi) is 78.8. The molecule has 108 heavy (non-hydrogen) atoms. The van der Waals surface area contributed by atoms with E-state index in [2.05, 4.69) is 41.5 Å². The molecule has 0 saturated heterocycles. The molecule has 3 N–H and O–H groups in total. The van der Waals surface area contributed by atoms with E-state index in [0.29, 0.717) is 25.7 Å². The Morgan fingerprint density at radius 2 is 0.426 bits per heavy atom. The number of rotatable bonds is 88. The van der Waals surface area contributed by atoms with E-state index >= 15 is 0 Å². The van der Waals surface area contributed by atoms with E-state index in [-0.39, 0.29) is 25.7 Å². The number of phosphoric ester groups is 2. The van der Waals surface area contributed by atoms with Crippen LogP contribution in [0.5, 0.6) is 0 Å². The molecule has 0 aromatic heterocycles. The molecule has 0 aromatic carbocycles. The summed E-state index contributed by atoms with van der Waals surface area (Å²) in [5, 5.41) is 10.7. The molecule has 642 valence electrons. The minimum Gasteiger partial charge on any atom is -0.462 e. The van der Waals surface area contributed by atoms with Crippen LogP contribution in [0.2, 0.25) is 0 Å². The summed E-state index contributed by atoms with van der Waals surface area (Å²) in [4.78, 5) is 73.3. The van der Waals surface area contributed by atoms with Gasteiger partial charge in [0.25, 0.3) is 0 Å². The normalized spacial score (nSPS) is 13.8. The van der Waals surface area contributed by atoms with Gasteiger partial charge in [0.2, 0.25) is 0 Å². The fourth-order valence-electron chi connectivity index (χ4n) is 14.0. The minimum atomic E-state index is -4.97. The zero-order valence-electron chi connectivity index (χ0n) is 71.2. The summed E-state index contributed by atoms with van der Waals surface area (Å²) in [6.45, 7) is 9.68. The predicted molar refractivity (Wildman–Crippen MR) is 446 cm³/mol. The van der Waals surface area contributed by atoms with Crippen LogP contribution in [0.25, 0.3) is 0 Å². The molecule has 0 rings (SSSR count). The number of carbonyl (C=O) groups excluding carboxylic acids is 4. The molecule has 0 radical (unpaired) electrons. The highest BCUT2D eigenvalue weighted by atomic mass is 31.2. The summed E-state index contributed by atoms with van der Waals surface area (Å²) in [6, 6.07) is 0. The lowest BCUT2D eigenvalue weighted by atomic mass is 10.0. The van der Waals surface area contributed by atoms with E-state index in [4.69, 9.17) is 37.0 Å². The quantitative estimate of drug-likeness (QED) is 0.0222. The predicted octanol–water partition coefficient (Wildman–Crippen LogP) is 27.4. The number of ether oxygens (including phenoxy) is 4. The number of hydrogen-bond donors (Lipinski definition) is 3. The van der Waals surface area contributed by atoms with Gasteiger partial charge in [-0.3, -0.25) is 37.3 Å². The van der Waals surface area contributed by atoms with Gasteiger partial charge in [0.05, 0.1) is 26.4 Å². The molecule has 0 aliphatic carbocycles. The maximum atomic E-state index is 13.2. The first-order chi connectivity index (χ1) is 52.4. The number of phosphoric acid groups is 2. The summed E-state index contributed by atoms with van der Waals surface area (Å²) in [6.07, 6.45) is 73.7. The lowest BCUT2D eigenvalue weighted by Gasteiger charge is -2.21. The molecular formula is C89H174O17P2. The van der Waals surface area contributed by atoms with Crippen LogP contribution >= 0.6 is 15.6 Å². The number of aliphatic hydroxyl groups excluding tert-OH is 1. The van der Waals surface area contributed by atoms with Crippen LogP contribution in [0.15, 0.2) is 0 Å². The number of unbranched alkanes of at least 4 members (excludes halogenated alkanes) is 58. The topological polar surface area (TPSA) is 237 Å². The highest BCUT2D eigenvalue weighted by molar-refractivity contribution is 7.47. The second-order valence-electron chi connectivity index (χ2n) is 32.9. The van der Waals surface area contributed by atoms with E-state index in [1.165, 1.54) is 295 Å². The standard InChI is InChI=1S/C89H174O17P2/c1-7-9-11-13-15-17-19-21-23-25-27-29-31-35-39-43-47-55-61-67-73-88(93)105-84(77-99-86(91)71-65-59-53-46-42-38-34-30-28-26-24-22-20-18-16-14-12-10-8-2)79-103-107(95,96)101-75-83(90)76-102-108(97,98)104-80-85(78-100-87(92)72-66-60-54-50-49-52-58-64-70-82(5)6)106-89(94)74-68-62-56-48-44-40-36-32-33-37-41-45-51-57-63-69-81(3)4/h81-85,90H,7-80H2,1-6H3,(H,95,96)(H,97,98)/t83-,84-,85-/m1/s1. The van der Waals surface area contributed by atoms with Gasteiger partial charge < -0.3 is 33.8 Å². The van der Waals surface area contributed by atoms with E-state index < -0.39 is 97.5 Å². The van der Waals surface area contributed by atoms with Gasteiger partial charge >= 0.3 is 39.5 Å². The number of carbonyl (C=O) groups is 4. The second-order valence-corrected chi connectivity index (χ2v) is 35.8. The Labute approximate surface area is 664 Å². The molecule has 19 heteroatoms. The maximum absolute atomic E-state index is 13.2. The van der Waals surface area contributed by atoms with Gasteiger partial charge in [-0.15, -0.1) is 0 Å². The van der Waals surface area contributed by atoms with Gasteiger partial charge in [0.1, 0.15) is 19.3 Å². The van der Waals surface area contributed by atoms with Crippen LogP contribution in [-0.4, -0.2) is 96.7 Å². The average Bonchev–Trinajstić information content (AvgIpc) is 0.901. The zero-order valence-corrected chi connectivity index (χ0v) is 73.0. The van der Waals surface area contributed by atoms with Crippen molar-refractivity contribution >= 4 is 39.5 Å². The highest BCUT2D eigenvalue weighted by Crippen LogP contribution is 2.45. The lowest BCUT2D eigenvalue weighted by molar-refractivity contribution is -0.161. The molecule has 0 amide bonds. The molecular weight excluding hydrogens is 1400 g/mol. The third-order valence-corrected chi connectivity index (χ3v) is 22.9. The average molecular weight is 1580 g/mol. The van der Waals surface area contributed by atoms with Gasteiger partial charge in [-0.2, -0.15) is 0 Å². The molecule has 0 saturated carbocycles. The minimum absolute atomic E-state index is 0.108. The molecule has 17 nitrogen and oxygen atoms in total. The highest BCUT2D eigenvalue weighted by Gasteiger charge is 2.31. The number of hydrogen-bond acceptors (Lipinski definition) is 15. The Morgan fingerprint density at radius 1 is 0.250 bits per heavy atom. The largest absolute Gasteiger partial charge is 0.472 e. The van der Waals surface area contributed by atoms with Crippen LogP contribution < -0.4 is 0 Å². The van der Waals surface area contributed by atoms with Crippen molar-refractivity contribution in [1.29, 1.82) is 0 Å². The summed E-state index contributed by atoms with van der Waals surface area (Å²) in [7, 11) is -9.93. The van der Waals surface area contributed by atoms with Crippen LogP contribution in [-0.2, 0) is 65.4 Å². The van der Waals surface area contributed by atoms with Crippen LogP contribution in [0, 0.1) is 11.8 Å². The Bertz CT molecular complexity index is 2060. The van der Waals surface area contributed by atoms with Crippen molar-refractivity contribution in [3.8, 4) is 0 Å². The Balaban J connectivity index is 5.24. The molecule has 0 fully saturated rings. The lowest BCUT2D eigenvalue weighted by Crippen LogP contribution is -2.30. The van der Waals surface area contributed by atoms with Crippen molar-refractivity contribution < 1.29 is 80.2 Å². The van der Waals surface area contributed by atoms with Crippen LogP contribution in [0.1, 0.15) is 478 Å². The molecule has 0 aliphatic rings. The smallest absolute Gasteiger partial charge is 0.462 e. The molecule has 2 unspecified atom stereocenters. The van der Waals surface area contributed by atoms with Crippen molar-refractivity contribution in [1.82, 2.24) is 0 Å². The van der Waals surface area contributed by atoms with Crippen molar-refractivity contribution in [3.63, 3.8) is 0 Å². The van der Waals surface area contributed by atoms with Crippen LogP contribution in [0.3, 0.4) is 0 Å². The summed E-state index contributed by atoms with van der Waals surface area (Å²) in [5.41, 5.74) is 0. The van der Waals surface area contributed by atoms with Crippen molar-refractivity contribution in [2.24, 2.45) is 11.8 Å². The molecule has 0 aliphatic heterocycles. The first-order valence-corrected chi connectivity index (χ1v) is 49.0. The maximum Gasteiger partial charge on any atom is 0.472 e. The van der Waals surface area contributed by atoms with Crippen molar-refractivity contribution in [3.05, 3.63) is 0 Å². The van der Waals surface area contributed by atoms with Crippen molar-refractivity contribution in [2.45, 2.75) is 496 Å². The van der Waals surface area contributed by atoms with E-state index in [9.17, 15) is 43.2 Å². The number of aliphatic hydroxyl groups is 1. The van der Waals surface area contributed by atoms with E-state index in [1.807, 2.05) is 0 Å². The van der Waals surface area contributed by atoms with Gasteiger partial charge in [-0.25, -0.2) is 9.13 Å². The molecule has 0 bridgehead atoms.